The number of hydrogen-bond donors (Lipinski definition) is 2. The molecule has 0 aliphatic carbocycles. The van der Waals surface area contributed by atoms with Crippen LogP contribution >= 0.6 is 27.3 Å². The first-order chi connectivity index (χ1) is 11.1. The van der Waals surface area contributed by atoms with E-state index >= 15 is 0 Å². The van der Waals surface area contributed by atoms with E-state index in [0.29, 0.717) is 6.54 Å². The normalized spacial score (nSPS) is 12.4. The van der Waals surface area contributed by atoms with E-state index in [0.717, 1.165) is 26.5 Å². The number of carboxylic acid groups (broad SMARTS) is 1. The molecule has 118 valence electrons. The molecule has 0 bridgehead atoms. The highest BCUT2D eigenvalue weighted by Gasteiger charge is 2.16. The fourth-order valence-electron chi connectivity index (χ4n) is 2.53. The number of rotatable bonds is 6. The van der Waals surface area contributed by atoms with E-state index in [1.54, 1.807) is 17.5 Å². The Balaban J connectivity index is 1.84. The molecular formula is C17H15BrN2O2S. The number of aromatic nitrogens is 1. The molecule has 0 aliphatic heterocycles. The van der Waals surface area contributed by atoms with Gasteiger partial charge in [-0.3, -0.25) is 9.78 Å². The second kappa shape index (κ2) is 7.21. The van der Waals surface area contributed by atoms with Crippen molar-refractivity contribution < 1.29 is 9.90 Å². The average Bonchev–Trinajstić information content (AvgIpc) is 3.07. The van der Waals surface area contributed by atoms with Crippen LogP contribution in [0.4, 0.5) is 0 Å². The summed E-state index contributed by atoms with van der Waals surface area (Å²) < 4.78 is 1.00. The second-order valence-corrected chi connectivity index (χ2v) is 6.83. The van der Waals surface area contributed by atoms with Crippen LogP contribution in [0.15, 0.2) is 51.8 Å². The van der Waals surface area contributed by atoms with Gasteiger partial charge >= 0.3 is 5.97 Å². The number of nitrogens with one attached hydrogen (secondary N) is 1. The molecule has 3 aromatic rings. The molecule has 0 unspecified atom stereocenters. The molecule has 2 N–H and O–H groups in total. The van der Waals surface area contributed by atoms with E-state index in [2.05, 4.69) is 26.2 Å². The second-order valence-electron chi connectivity index (χ2n) is 5.19. The van der Waals surface area contributed by atoms with Crippen LogP contribution in [-0.2, 0) is 11.3 Å². The van der Waals surface area contributed by atoms with Gasteiger partial charge in [-0.15, -0.1) is 0 Å². The Bertz CT molecular complexity index is 821. The first-order valence-electron chi connectivity index (χ1n) is 7.14. The molecule has 0 amide bonds. The third kappa shape index (κ3) is 3.77. The highest BCUT2D eigenvalue weighted by molar-refractivity contribution is 9.10. The zero-order chi connectivity index (χ0) is 16.2. The van der Waals surface area contributed by atoms with Crippen LogP contribution in [0.25, 0.3) is 10.9 Å². The molecule has 0 spiro atoms. The van der Waals surface area contributed by atoms with Crippen LogP contribution in [-0.4, -0.2) is 16.1 Å². The predicted molar refractivity (Wildman–Crippen MR) is 95.6 cm³/mol. The van der Waals surface area contributed by atoms with E-state index in [9.17, 15) is 4.79 Å². The van der Waals surface area contributed by atoms with Gasteiger partial charge < -0.3 is 10.4 Å². The van der Waals surface area contributed by atoms with Crippen molar-refractivity contribution in [3.05, 3.63) is 62.9 Å². The summed E-state index contributed by atoms with van der Waals surface area (Å²) in [5.41, 5.74) is 2.98. The Morgan fingerprint density at radius 2 is 2.22 bits per heavy atom. The highest BCUT2D eigenvalue weighted by atomic mass is 79.9. The molecule has 3 rings (SSSR count). The van der Waals surface area contributed by atoms with Crippen LogP contribution < -0.4 is 5.32 Å². The van der Waals surface area contributed by atoms with Gasteiger partial charge in [-0.25, -0.2) is 0 Å². The van der Waals surface area contributed by atoms with Gasteiger partial charge in [0.1, 0.15) is 0 Å². The maximum absolute atomic E-state index is 11.1. The summed E-state index contributed by atoms with van der Waals surface area (Å²) in [7, 11) is 0. The summed E-state index contributed by atoms with van der Waals surface area (Å²) in [6, 6.07) is 9.69. The molecular weight excluding hydrogens is 376 g/mol. The van der Waals surface area contributed by atoms with Crippen molar-refractivity contribution in [1.29, 1.82) is 0 Å². The lowest BCUT2D eigenvalue weighted by Gasteiger charge is -2.17. The molecule has 0 fully saturated rings. The van der Waals surface area contributed by atoms with Crippen LogP contribution in [0.5, 0.6) is 0 Å². The van der Waals surface area contributed by atoms with Gasteiger partial charge in [-0.2, -0.15) is 11.3 Å². The fraction of sp³-hybridized carbons (Fsp3) is 0.176. The average molecular weight is 391 g/mol. The number of benzene rings is 1. The van der Waals surface area contributed by atoms with E-state index in [-0.39, 0.29) is 12.5 Å². The van der Waals surface area contributed by atoms with Crippen molar-refractivity contribution in [2.45, 2.75) is 19.0 Å². The van der Waals surface area contributed by atoms with Crippen molar-refractivity contribution in [3.63, 3.8) is 0 Å². The Labute approximate surface area is 146 Å². The van der Waals surface area contributed by atoms with E-state index in [4.69, 9.17) is 5.11 Å². The maximum Gasteiger partial charge on any atom is 0.305 e. The van der Waals surface area contributed by atoms with Crippen molar-refractivity contribution in [3.8, 4) is 0 Å². The first-order valence-corrected chi connectivity index (χ1v) is 8.88. The van der Waals surface area contributed by atoms with Gasteiger partial charge in [-0.1, -0.05) is 28.1 Å². The SMILES string of the molecule is O=C(O)C[C@H](NCc1ccc(Br)c2cccnc12)c1ccsc1. The number of thiophene rings is 1. The number of carboxylic acids is 1. The minimum atomic E-state index is -0.813. The molecule has 0 saturated carbocycles. The maximum atomic E-state index is 11.1. The zero-order valence-corrected chi connectivity index (χ0v) is 14.6. The third-order valence-corrected chi connectivity index (χ3v) is 5.06. The molecule has 2 heterocycles. The molecule has 6 heteroatoms. The fourth-order valence-corrected chi connectivity index (χ4v) is 3.69. The number of fused-ring (bicyclic) bond motifs is 1. The van der Waals surface area contributed by atoms with Gasteiger partial charge in [0.05, 0.1) is 11.9 Å². The number of carbonyl (C=O) groups is 1. The summed E-state index contributed by atoms with van der Waals surface area (Å²) in [6.07, 6.45) is 1.82. The van der Waals surface area contributed by atoms with Gasteiger partial charge in [0.25, 0.3) is 0 Å². The molecule has 0 saturated heterocycles. The molecule has 2 aromatic heterocycles. The van der Waals surface area contributed by atoms with E-state index in [1.807, 2.05) is 41.1 Å². The lowest BCUT2D eigenvalue weighted by Crippen LogP contribution is -2.23. The van der Waals surface area contributed by atoms with Gasteiger partial charge in [-0.05, 0) is 40.1 Å². The topological polar surface area (TPSA) is 62.2 Å². The van der Waals surface area contributed by atoms with Crippen LogP contribution in [0.3, 0.4) is 0 Å². The highest BCUT2D eigenvalue weighted by Crippen LogP contribution is 2.26. The van der Waals surface area contributed by atoms with Crippen LogP contribution in [0.1, 0.15) is 23.6 Å². The third-order valence-electron chi connectivity index (χ3n) is 3.66. The van der Waals surface area contributed by atoms with E-state index in [1.165, 1.54) is 0 Å². The Kier molecular flexibility index (Phi) is 5.05. The quantitative estimate of drug-likeness (QED) is 0.655. The minimum Gasteiger partial charge on any atom is -0.481 e. The Morgan fingerprint density at radius 1 is 1.35 bits per heavy atom. The van der Waals surface area contributed by atoms with Crippen molar-refractivity contribution >= 4 is 44.1 Å². The minimum absolute atomic E-state index is 0.0542. The summed E-state index contributed by atoms with van der Waals surface area (Å²) in [5, 5.41) is 17.5. The standard InChI is InChI=1S/C17H15BrN2O2S/c18-14-4-3-11(17-13(14)2-1-6-19-17)9-20-15(8-16(21)22)12-5-7-23-10-12/h1-7,10,15,20H,8-9H2,(H,21,22)/t15-/m0/s1. The lowest BCUT2D eigenvalue weighted by atomic mass is 10.1. The van der Waals surface area contributed by atoms with Gasteiger partial charge in [0, 0.05) is 28.6 Å². The summed E-state index contributed by atoms with van der Waals surface area (Å²) in [5.74, 6) is -0.813. The molecule has 0 aliphatic rings. The van der Waals surface area contributed by atoms with E-state index < -0.39 is 5.97 Å². The molecule has 1 aromatic carbocycles. The van der Waals surface area contributed by atoms with Gasteiger partial charge in [0.2, 0.25) is 0 Å². The molecule has 1 atom stereocenters. The smallest absolute Gasteiger partial charge is 0.305 e. The van der Waals surface area contributed by atoms with Crippen molar-refractivity contribution in [2.24, 2.45) is 0 Å². The Hall–Kier alpha value is -1.76. The number of halogens is 1. The summed E-state index contributed by atoms with van der Waals surface area (Å²) in [4.78, 5) is 15.6. The van der Waals surface area contributed by atoms with Crippen LogP contribution in [0.2, 0.25) is 0 Å². The monoisotopic (exact) mass is 390 g/mol. The largest absolute Gasteiger partial charge is 0.481 e. The molecule has 0 radical (unpaired) electrons. The lowest BCUT2D eigenvalue weighted by molar-refractivity contribution is -0.137. The number of pyridine rings is 1. The van der Waals surface area contributed by atoms with Crippen molar-refractivity contribution in [1.82, 2.24) is 10.3 Å². The summed E-state index contributed by atoms with van der Waals surface area (Å²) in [6.45, 7) is 0.564. The van der Waals surface area contributed by atoms with Crippen LogP contribution in [0, 0.1) is 0 Å². The predicted octanol–water partition coefficient (Wildman–Crippen LogP) is 4.36. The zero-order valence-electron chi connectivity index (χ0n) is 12.2. The molecule has 23 heavy (non-hydrogen) atoms. The molecule has 4 nitrogen and oxygen atoms in total. The number of hydrogen-bond acceptors (Lipinski definition) is 4. The number of nitrogens with zero attached hydrogens (tertiary/aromatic N) is 1. The first kappa shape index (κ1) is 16.1. The summed E-state index contributed by atoms with van der Waals surface area (Å²) >= 11 is 5.11. The Morgan fingerprint density at radius 3 is 2.96 bits per heavy atom. The van der Waals surface area contributed by atoms with Gasteiger partial charge in [0.15, 0.2) is 0 Å². The number of aliphatic carboxylic acids is 1. The van der Waals surface area contributed by atoms with Crippen molar-refractivity contribution in [2.75, 3.05) is 0 Å².